The van der Waals surface area contributed by atoms with Crippen LogP contribution in [0.4, 0.5) is 18.9 Å². The van der Waals surface area contributed by atoms with E-state index in [2.05, 4.69) is 0 Å². The number of aliphatic hydroxyl groups excluding tert-OH is 1. The molecule has 0 saturated carbocycles. The predicted octanol–water partition coefficient (Wildman–Crippen LogP) is 1.09. The van der Waals surface area contributed by atoms with E-state index in [1.54, 1.807) is 0 Å². The van der Waals surface area contributed by atoms with Crippen molar-refractivity contribution in [2.75, 3.05) is 5.32 Å². The molecular formula is C8H4F3NO2. The molecule has 74 valence electrons. The molecule has 1 amide bonds. The second-order valence-electron chi connectivity index (χ2n) is 2.84. The van der Waals surface area contributed by atoms with Crippen LogP contribution in [0.2, 0.25) is 0 Å². The van der Waals surface area contributed by atoms with Crippen molar-refractivity contribution >= 4 is 11.6 Å². The SMILES string of the molecule is O=C1Nc2cc(F)c(F)c(F)c2C1O. The number of amides is 1. The summed E-state index contributed by atoms with van der Waals surface area (Å²) in [5, 5.41) is 11.1. The lowest BCUT2D eigenvalue weighted by atomic mass is 10.1. The zero-order valence-electron chi connectivity index (χ0n) is 6.64. The molecule has 2 rings (SSSR count). The highest BCUT2D eigenvalue weighted by Gasteiger charge is 2.34. The summed E-state index contributed by atoms with van der Waals surface area (Å²) in [6.45, 7) is 0. The van der Waals surface area contributed by atoms with Crippen LogP contribution in [0.5, 0.6) is 0 Å². The standard InChI is InChI=1S/C8H4F3NO2/c9-2-1-3-4(6(11)5(2)10)7(13)8(14)12-3/h1,7,13H,(H,12,14). The molecule has 1 atom stereocenters. The molecule has 0 aliphatic carbocycles. The zero-order chi connectivity index (χ0) is 10.5. The van der Waals surface area contributed by atoms with Gasteiger partial charge in [0.2, 0.25) is 0 Å². The fourth-order valence-electron chi connectivity index (χ4n) is 1.31. The minimum atomic E-state index is -1.78. The number of carbonyl (C=O) groups excluding carboxylic acids is 1. The normalized spacial score (nSPS) is 19.4. The number of hydrogen-bond acceptors (Lipinski definition) is 2. The maximum atomic E-state index is 13.0. The van der Waals surface area contributed by atoms with Crippen molar-refractivity contribution < 1.29 is 23.1 Å². The Morgan fingerprint density at radius 2 is 1.93 bits per heavy atom. The Morgan fingerprint density at radius 3 is 2.57 bits per heavy atom. The van der Waals surface area contributed by atoms with Crippen molar-refractivity contribution in [2.45, 2.75) is 6.10 Å². The number of anilines is 1. The first-order valence-corrected chi connectivity index (χ1v) is 3.68. The van der Waals surface area contributed by atoms with Crippen molar-refractivity contribution in [3.05, 3.63) is 29.1 Å². The number of benzene rings is 1. The molecule has 1 heterocycles. The van der Waals surface area contributed by atoms with Gasteiger partial charge in [0, 0.05) is 6.07 Å². The molecule has 2 N–H and O–H groups in total. The summed E-state index contributed by atoms with van der Waals surface area (Å²) in [5.41, 5.74) is -0.784. The Morgan fingerprint density at radius 1 is 1.29 bits per heavy atom. The Balaban J connectivity index is 2.70. The molecule has 0 bridgehead atoms. The van der Waals surface area contributed by atoms with Gasteiger partial charge in [0.15, 0.2) is 23.6 Å². The average molecular weight is 203 g/mol. The summed E-state index contributed by atoms with van der Waals surface area (Å²) in [7, 11) is 0. The highest BCUT2D eigenvalue weighted by atomic mass is 19.2. The van der Waals surface area contributed by atoms with Crippen LogP contribution >= 0.6 is 0 Å². The number of hydrogen-bond donors (Lipinski definition) is 2. The number of aliphatic hydroxyl groups is 1. The van der Waals surface area contributed by atoms with Crippen LogP contribution in [-0.4, -0.2) is 11.0 Å². The molecule has 0 spiro atoms. The van der Waals surface area contributed by atoms with Gasteiger partial charge in [-0.05, 0) is 0 Å². The minimum Gasteiger partial charge on any atom is -0.378 e. The van der Waals surface area contributed by atoms with E-state index < -0.39 is 35.0 Å². The lowest BCUT2D eigenvalue weighted by molar-refractivity contribution is -0.123. The second-order valence-corrected chi connectivity index (χ2v) is 2.84. The molecule has 0 aromatic heterocycles. The zero-order valence-corrected chi connectivity index (χ0v) is 6.64. The van der Waals surface area contributed by atoms with Gasteiger partial charge in [-0.15, -0.1) is 0 Å². The molecular weight excluding hydrogens is 199 g/mol. The Hall–Kier alpha value is -1.56. The molecule has 0 saturated heterocycles. The minimum absolute atomic E-state index is 0.237. The lowest BCUT2D eigenvalue weighted by Gasteiger charge is -2.03. The van der Waals surface area contributed by atoms with Crippen LogP contribution in [0.25, 0.3) is 0 Å². The van der Waals surface area contributed by atoms with Crippen LogP contribution in [0.3, 0.4) is 0 Å². The number of carbonyl (C=O) groups is 1. The van der Waals surface area contributed by atoms with Gasteiger partial charge >= 0.3 is 0 Å². The topological polar surface area (TPSA) is 49.3 Å². The van der Waals surface area contributed by atoms with Gasteiger partial charge in [0.05, 0.1) is 11.3 Å². The van der Waals surface area contributed by atoms with Crippen molar-refractivity contribution in [1.82, 2.24) is 0 Å². The van der Waals surface area contributed by atoms with Gasteiger partial charge in [0.25, 0.3) is 5.91 Å². The van der Waals surface area contributed by atoms with Crippen LogP contribution in [0.15, 0.2) is 6.07 Å². The quantitative estimate of drug-likeness (QED) is 0.620. The third-order valence-electron chi connectivity index (χ3n) is 1.98. The summed E-state index contributed by atoms with van der Waals surface area (Å²) in [4.78, 5) is 10.8. The van der Waals surface area contributed by atoms with Gasteiger partial charge in [-0.2, -0.15) is 0 Å². The Labute approximate surface area is 76.2 Å². The van der Waals surface area contributed by atoms with E-state index in [-0.39, 0.29) is 5.69 Å². The van der Waals surface area contributed by atoms with Crippen molar-refractivity contribution in [2.24, 2.45) is 0 Å². The number of fused-ring (bicyclic) bond motifs is 1. The third-order valence-corrected chi connectivity index (χ3v) is 1.98. The fourth-order valence-corrected chi connectivity index (χ4v) is 1.31. The van der Waals surface area contributed by atoms with Gasteiger partial charge in [-0.1, -0.05) is 0 Å². The van der Waals surface area contributed by atoms with E-state index in [4.69, 9.17) is 5.11 Å². The molecule has 6 heteroatoms. The molecule has 1 aliphatic heterocycles. The van der Waals surface area contributed by atoms with E-state index >= 15 is 0 Å². The van der Waals surface area contributed by atoms with Crippen LogP contribution in [0, 0.1) is 17.5 Å². The monoisotopic (exact) mass is 203 g/mol. The van der Waals surface area contributed by atoms with Gasteiger partial charge in [-0.3, -0.25) is 4.79 Å². The summed E-state index contributed by atoms with van der Waals surface area (Å²) in [6.07, 6.45) is -1.78. The van der Waals surface area contributed by atoms with Crippen molar-refractivity contribution in [1.29, 1.82) is 0 Å². The molecule has 3 nitrogen and oxygen atoms in total. The Bertz CT molecular complexity index is 433. The second kappa shape index (κ2) is 2.71. The van der Waals surface area contributed by atoms with Gasteiger partial charge in [-0.25, -0.2) is 13.2 Å². The summed E-state index contributed by atoms with van der Waals surface area (Å²) < 4.78 is 38.3. The summed E-state index contributed by atoms with van der Waals surface area (Å²) in [5.74, 6) is -5.54. The molecule has 1 aliphatic rings. The van der Waals surface area contributed by atoms with Crippen LogP contribution < -0.4 is 5.32 Å². The maximum absolute atomic E-state index is 13.0. The van der Waals surface area contributed by atoms with E-state index in [9.17, 15) is 18.0 Å². The van der Waals surface area contributed by atoms with Gasteiger partial charge < -0.3 is 10.4 Å². The number of rotatable bonds is 0. The number of nitrogens with one attached hydrogen (secondary N) is 1. The van der Waals surface area contributed by atoms with Gasteiger partial charge in [0.1, 0.15) is 0 Å². The molecule has 0 fully saturated rings. The highest BCUT2D eigenvalue weighted by Crippen LogP contribution is 2.34. The molecule has 0 radical (unpaired) electrons. The van der Waals surface area contributed by atoms with Crippen molar-refractivity contribution in [3.63, 3.8) is 0 Å². The first kappa shape index (κ1) is 9.01. The fraction of sp³-hybridized carbons (Fsp3) is 0.125. The third kappa shape index (κ3) is 1.00. The largest absolute Gasteiger partial charge is 0.378 e. The summed E-state index contributed by atoms with van der Waals surface area (Å²) >= 11 is 0. The van der Waals surface area contributed by atoms with E-state index in [0.29, 0.717) is 6.07 Å². The maximum Gasteiger partial charge on any atom is 0.258 e. The summed E-state index contributed by atoms with van der Waals surface area (Å²) in [6, 6.07) is 0.627. The smallest absolute Gasteiger partial charge is 0.258 e. The number of halogens is 3. The van der Waals surface area contributed by atoms with E-state index in [0.717, 1.165) is 0 Å². The average Bonchev–Trinajstić information content (AvgIpc) is 2.39. The first-order valence-electron chi connectivity index (χ1n) is 3.68. The predicted molar refractivity (Wildman–Crippen MR) is 39.9 cm³/mol. The lowest BCUT2D eigenvalue weighted by Crippen LogP contribution is -2.11. The van der Waals surface area contributed by atoms with Crippen molar-refractivity contribution in [3.8, 4) is 0 Å². The highest BCUT2D eigenvalue weighted by molar-refractivity contribution is 6.01. The van der Waals surface area contributed by atoms with E-state index in [1.807, 2.05) is 5.32 Å². The Kier molecular flexibility index (Phi) is 1.75. The van der Waals surface area contributed by atoms with Crippen LogP contribution in [-0.2, 0) is 4.79 Å². The molecule has 1 aromatic rings. The molecule has 1 unspecified atom stereocenters. The molecule has 14 heavy (non-hydrogen) atoms. The van der Waals surface area contributed by atoms with E-state index in [1.165, 1.54) is 0 Å². The molecule has 1 aromatic carbocycles. The van der Waals surface area contributed by atoms with Crippen LogP contribution in [0.1, 0.15) is 11.7 Å². The first-order chi connectivity index (χ1) is 6.52.